The van der Waals surface area contributed by atoms with Crippen molar-refractivity contribution in [2.45, 2.75) is 23.8 Å². The maximum Gasteiger partial charge on any atom is 0.285 e. The highest BCUT2D eigenvalue weighted by Crippen LogP contribution is 2.30. The molecule has 0 unspecified atom stereocenters. The van der Waals surface area contributed by atoms with Crippen molar-refractivity contribution >= 4 is 29.4 Å². The van der Waals surface area contributed by atoms with Crippen LogP contribution in [-0.2, 0) is 0 Å². The second-order valence-corrected chi connectivity index (χ2v) is 8.26. The number of hydrogen-bond acceptors (Lipinski definition) is 5. The van der Waals surface area contributed by atoms with Crippen LogP contribution < -0.4 is 10.9 Å². The van der Waals surface area contributed by atoms with Crippen molar-refractivity contribution in [2.24, 2.45) is 0 Å². The second kappa shape index (κ2) is 8.88. The van der Waals surface area contributed by atoms with Gasteiger partial charge < -0.3 is 5.32 Å². The van der Waals surface area contributed by atoms with Gasteiger partial charge in [0.05, 0.1) is 5.03 Å². The average Bonchev–Trinajstić information content (AvgIpc) is 2.74. The molecular formula is C22H24N4OS2. The molecule has 29 heavy (non-hydrogen) atoms. The van der Waals surface area contributed by atoms with E-state index >= 15 is 0 Å². The van der Waals surface area contributed by atoms with E-state index in [1.54, 1.807) is 18.8 Å². The molecule has 0 aliphatic heterocycles. The molecule has 2 aromatic carbocycles. The topological polar surface area (TPSA) is 70.8 Å². The summed E-state index contributed by atoms with van der Waals surface area (Å²) in [6.45, 7) is 4.14. The third-order valence-electron chi connectivity index (χ3n) is 4.84. The first-order chi connectivity index (χ1) is 13.9. The summed E-state index contributed by atoms with van der Waals surface area (Å²) in [7, 11) is 1.64. The van der Waals surface area contributed by atoms with E-state index < -0.39 is 5.56 Å². The molecule has 0 saturated heterocycles. The van der Waals surface area contributed by atoms with E-state index in [2.05, 4.69) is 36.3 Å². The second-order valence-electron chi connectivity index (χ2n) is 6.58. The Morgan fingerprint density at radius 2 is 1.72 bits per heavy atom. The van der Waals surface area contributed by atoms with Crippen molar-refractivity contribution in [3.8, 4) is 17.1 Å². The lowest BCUT2D eigenvalue weighted by molar-refractivity contribution is 0.858. The molecule has 0 spiro atoms. The standard InChI is InChI=1S/C22H24N4OS2/c1-13-6-9-16(12-14(13)2)26-20(15-7-10-17(28-4)11-8-15)25-21(27)18(19(23)24-3)22(26)29-5/h6-12H,1-5H3,(H2,23,24). The number of amidine groups is 1. The lowest BCUT2D eigenvalue weighted by Crippen LogP contribution is -2.31. The number of hydrogen-bond donors (Lipinski definition) is 2. The van der Waals surface area contributed by atoms with Crippen molar-refractivity contribution in [3.05, 3.63) is 69.5 Å². The van der Waals surface area contributed by atoms with E-state index in [0.29, 0.717) is 10.9 Å². The fraction of sp³-hybridized carbons (Fsp3) is 0.227. The highest BCUT2D eigenvalue weighted by molar-refractivity contribution is 7.98. The SMILES string of the molecule is CNC(=N)c1c(SC)n(-c2ccc(C)c(C)c2)c(-c2ccc(SC)cc2)nc1=O. The molecule has 150 valence electrons. The van der Waals surface area contributed by atoms with Gasteiger partial charge in [-0.3, -0.25) is 14.8 Å². The first-order valence-corrected chi connectivity index (χ1v) is 11.6. The molecule has 5 nitrogen and oxygen atoms in total. The Bertz CT molecular complexity index is 1120. The van der Waals surface area contributed by atoms with Crippen LogP contribution in [0.25, 0.3) is 17.1 Å². The predicted molar refractivity (Wildman–Crippen MR) is 124 cm³/mol. The molecule has 0 radical (unpaired) electrons. The summed E-state index contributed by atoms with van der Waals surface area (Å²) < 4.78 is 1.98. The van der Waals surface area contributed by atoms with Crippen molar-refractivity contribution < 1.29 is 0 Å². The van der Waals surface area contributed by atoms with Gasteiger partial charge in [-0.05, 0) is 61.8 Å². The summed E-state index contributed by atoms with van der Waals surface area (Å²) in [5.74, 6) is 0.636. The predicted octanol–water partition coefficient (Wildman–Crippen LogP) is 4.50. The van der Waals surface area contributed by atoms with E-state index in [1.807, 2.05) is 47.4 Å². The van der Waals surface area contributed by atoms with Gasteiger partial charge in [0.1, 0.15) is 17.2 Å². The molecule has 3 aromatic rings. The first-order valence-electron chi connectivity index (χ1n) is 9.11. The van der Waals surface area contributed by atoms with Gasteiger partial charge in [-0.2, -0.15) is 4.98 Å². The Morgan fingerprint density at radius 3 is 2.28 bits per heavy atom. The van der Waals surface area contributed by atoms with Gasteiger partial charge in [0.2, 0.25) is 0 Å². The number of thioether (sulfide) groups is 2. The summed E-state index contributed by atoms with van der Waals surface area (Å²) in [5.41, 5.74) is 4.00. The summed E-state index contributed by atoms with van der Waals surface area (Å²) in [5, 5.41) is 11.7. The number of rotatable bonds is 5. The van der Waals surface area contributed by atoms with Crippen molar-refractivity contribution in [3.63, 3.8) is 0 Å². The molecule has 0 aliphatic carbocycles. The number of aryl methyl sites for hydroxylation is 2. The molecule has 1 heterocycles. The summed E-state index contributed by atoms with van der Waals surface area (Å²) in [4.78, 5) is 18.5. The van der Waals surface area contributed by atoms with Crippen LogP contribution in [0.5, 0.6) is 0 Å². The first kappa shape index (κ1) is 21.2. The van der Waals surface area contributed by atoms with Crippen LogP contribution in [0.2, 0.25) is 0 Å². The van der Waals surface area contributed by atoms with Gasteiger partial charge >= 0.3 is 0 Å². The van der Waals surface area contributed by atoms with Crippen LogP contribution >= 0.6 is 23.5 Å². The zero-order valence-electron chi connectivity index (χ0n) is 17.2. The van der Waals surface area contributed by atoms with Gasteiger partial charge in [0, 0.05) is 23.2 Å². The number of benzene rings is 2. The molecule has 0 atom stereocenters. The maximum atomic E-state index is 12.9. The van der Waals surface area contributed by atoms with Crippen molar-refractivity contribution in [1.29, 1.82) is 5.41 Å². The van der Waals surface area contributed by atoms with Gasteiger partial charge in [0.15, 0.2) is 0 Å². The van der Waals surface area contributed by atoms with Crippen LogP contribution in [0.1, 0.15) is 16.7 Å². The van der Waals surface area contributed by atoms with E-state index in [-0.39, 0.29) is 11.4 Å². The lowest BCUT2D eigenvalue weighted by atomic mass is 10.1. The molecule has 0 aliphatic rings. The van der Waals surface area contributed by atoms with Crippen LogP contribution in [0.3, 0.4) is 0 Å². The Labute approximate surface area is 179 Å². The average molecular weight is 425 g/mol. The quantitative estimate of drug-likeness (QED) is 0.273. The highest BCUT2D eigenvalue weighted by atomic mass is 32.2. The highest BCUT2D eigenvalue weighted by Gasteiger charge is 2.21. The third kappa shape index (κ3) is 4.11. The van der Waals surface area contributed by atoms with Crippen molar-refractivity contribution in [1.82, 2.24) is 14.9 Å². The van der Waals surface area contributed by atoms with Gasteiger partial charge in [-0.1, -0.05) is 18.2 Å². The van der Waals surface area contributed by atoms with E-state index in [0.717, 1.165) is 21.7 Å². The van der Waals surface area contributed by atoms with Crippen LogP contribution in [0, 0.1) is 19.3 Å². The normalized spacial score (nSPS) is 10.8. The molecule has 0 fully saturated rings. The minimum absolute atomic E-state index is 0.0636. The molecule has 0 saturated carbocycles. The smallest absolute Gasteiger partial charge is 0.285 e. The number of nitrogens with zero attached hydrogens (tertiary/aromatic N) is 2. The van der Waals surface area contributed by atoms with Crippen LogP contribution in [-0.4, -0.2) is 34.9 Å². The fourth-order valence-corrected chi connectivity index (χ4v) is 4.25. The summed E-state index contributed by atoms with van der Waals surface area (Å²) in [6, 6.07) is 14.2. The molecule has 2 N–H and O–H groups in total. The molecule has 1 aromatic heterocycles. The molecule has 0 bridgehead atoms. The van der Waals surface area contributed by atoms with E-state index in [1.165, 1.54) is 17.3 Å². The monoisotopic (exact) mass is 424 g/mol. The third-order valence-corrected chi connectivity index (χ3v) is 6.36. The summed E-state index contributed by atoms with van der Waals surface area (Å²) in [6.07, 6.45) is 3.95. The summed E-state index contributed by atoms with van der Waals surface area (Å²) >= 11 is 3.11. The van der Waals surface area contributed by atoms with E-state index in [4.69, 9.17) is 5.41 Å². The maximum absolute atomic E-state index is 12.9. The van der Waals surface area contributed by atoms with Gasteiger partial charge in [0.25, 0.3) is 5.56 Å². The Morgan fingerprint density at radius 1 is 1.03 bits per heavy atom. The number of aromatic nitrogens is 2. The van der Waals surface area contributed by atoms with Crippen LogP contribution in [0.4, 0.5) is 0 Å². The largest absolute Gasteiger partial charge is 0.373 e. The molecule has 7 heteroatoms. The molecular weight excluding hydrogens is 400 g/mol. The van der Waals surface area contributed by atoms with E-state index in [9.17, 15) is 4.79 Å². The minimum atomic E-state index is -0.405. The Balaban J connectivity index is 2.40. The zero-order valence-corrected chi connectivity index (χ0v) is 18.8. The Kier molecular flexibility index (Phi) is 6.49. The Hall–Kier alpha value is -2.51. The van der Waals surface area contributed by atoms with Crippen molar-refractivity contribution in [2.75, 3.05) is 19.6 Å². The lowest BCUT2D eigenvalue weighted by Gasteiger charge is -2.21. The molecule has 0 amide bonds. The van der Waals surface area contributed by atoms with Crippen LogP contribution in [0.15, 0.2) is 57.2 Å². The minimum Gasteiger partial charge on any atom is -0.373 e. The zero-order chi connectivity index (χ0) is 21.1. The molecule has 3 rings (SSSR count). The van der Waals surface area contributed by atoms with Gasteiger partial charge in [-0.25, -0.2) is 0 Å². The van der Waals surface area contributed by atoms with Gasteiger partial charge in [-0.15, -0.1) is 23.5 Å². The fourth-order valence-electron chi connectivity index (χ4n) is 3.07. The number of nitrogens with one attached hydrogen (secondary N) is 2.